The van der Waals surface area contributed by atoms with Crippen LogP contribution in [0.25, 0.3) is 0 Å². The minimum atomic E-state index is -0.979. The van der Waals surface area contributed by atoms with Crippen LogP contribution in [0.4, 0.5) is 0 Å². The van der Waals surface area contributed by atoms with E-state index in [4.69, 9.17) is 0 Å². The maximum atomic E-state index is 13.1. The lowest BCUT2D eigenvalue weighted by Gasteiger charge is -2.43. The molecule has 2 aromatic rings. The summed E-state index contributed by atoms with van der Waals surface area (Å²) in [5.41, 5.74) is 2.31. The van der Waals surface area contributed by atoms with E-state index in [0.29, 0.717) is 18.4 Å². The molecule has 1 N–H and O–H groups in total. The summed E-state index contributed by atoms with van der Waals surface area (Å²) in [6.45, 7) is 3.68. The Morgan fingerprint density at radius 3 is 2.52 bits per heavy atom. The molecule has 138 valence electrons. The molecule has 1 aliphatic heterocycles. The van der Waals surface area contributed by atoms with Crippen LogP contribution in [0.1, 0.15) is 29.2 Å². The van der Waals surface area contributed by atoms with E-state index in [1.807, 2.05) is 49.4 Å². The first-order valence-corrected chi connectivity index (χ1v) is 8.97. The van der Waals surface area contributed by atoms with Gasteiger partial charge in [-0.2, -0.15) is 5.26 Å². The zero-order valence-electron chi connectivity index (χ0n) is 15.8. The van der Waals surface area contributed by atoms with E-state index in [1.54, 1.807) is 20.0 Å². The summed E-state index contributed by atoms with van der Waals surface area (Å²) < 4.78 is 0. The molecule has 1 fully saturated rings. The van der Waals surface area contributed by atoms with Gasteiger partial charge in [-0.15, -0.1) is 0 Å². The molecule has 0 saturated carbocycles. The van der Waals surface area contributed by atoms with Gasteiger partial charge in [-0.05, 0) is 36.6 Å². The highest BCUT2D eigenvalue weighted by molar-refractivity contribution is 5.99. The lowest BCUT2D eigenvalue weighted by atomic mass is 9.86. The van der Waals surface area contributed by atoms with E-state index in [0.717, 1.165) is 16.7 Å². The summed E-state index contributed by atoms with van der Waals surface area (Å²) in [5.74, 6) is -0.314. The SMILES string of the molecule is Cc1cccc(C#N)c1CC1C(=O)NC(C)(Cc2ccccc2)C(=O)N1C. The van der Waals surface area contributed by atoms with Gasteiger partial charge in [0, 0.05) is 19.9 Å². The maximum Gasteiger partial charge on any atom is 0.248 e. The minimum Gasteiger partial charge on any atom is -0.340 e. The number of aryl methyl sites for hydroxylation is 1. The number of likely N-dealkylation sites (N-methyl/N-ethyl adjacent to an activating group) is 1. The van der Waals surface area contributed by atoms with Gasteiger partial charge in [-0.3, -0.25) is 9.59 Å². The van der Waals surface area contributed by atoms with Gasteiger partial charge in [0.2, 0.25) is 11.8 Å². The van der Waals surface area contributed by atoms with Crippen LogP contribution in [0, 0.1) is 18.3 Å². The van der Waals surface area contributed by atoms with Crippen LogP contribution in [0.3, 0.4) is 0 Å². The smallest absolute Gasteiger partial charge is 0.248 e. The highest BCUT2D eigenvalue weighted by Crippen LogP contribution is 2.25. The standard InChI is InChI=1S/C22H23N3O2/c1-15-8-7-11-17(14-23)18(15)12-19-20(26)24-22(2,21(27)25(19)3)13-16-9-5-4-6-10-16/h4-11,19H,12-13H2,1-3H3,(H,24,26). The minimum absolute atomic E-state index is 0.122. The number of amides is 2. The predicted octanol–water partition coefficient (Wildman–Crippen LogP) is 2.37. The molecular weight excluding hydrogens is 338 g/mol. The van der Waals surface area contributed by atoms with Crippen LogP contribution >= 0.6 is 0 Å². The molecule has 2 unspecified atom stereocenters. The highest BCUT2D eigenvalue weighted by atomic mass is 16.2. The van der Waals surface area contributed by atoms with Crippen molar-refractivity contribution >= 4 is 11.8 Å². The summed E-state index contributed by atoms with van der Waals surface area (Å²) in [5, 5.41) is 12.3. The van der Waals surface area contributed by atoms with Crippen molar-refractivity contribution in [2.45, 2.75) is 38.3 Å². The fourth-order valence-corrected chi connectivity index (χ4v) is 3.74. The zero-order chi connectivity index (χ0) is 19.6. The third-order valence-corrected chi connectivity index (χ3v) is 5.29. The number of benzene rings is 2. The summed E-state index contributed by atoms with van der Waals surface area (Å²) in [6.07, 6.45) is 0.758. The summed E-state index contributed by atoms with van der Waals surface area (Å²) in [7, 11) is 1.67. The molecule has 27 heavy (non-hydrogen) atoms. The molecule has 0 aliphatic carbocycles. The number of hydrogen-bond donors (Lipinski definition) is 1. The fourth-order valence-electron chi connectivity index (χ4n) is 3.74. The second-order valence-corrected chi connectivity index (χ2v) is 7.33. The average molecular weight is 361 g/mol. The molecule has 2 atom stereocenters. The molecule has 5 nitrogen and oxygen atoms in total. The molecule has 3 rings (SSSR count). The number of hydrogen-bond acceptors (Lipinski definition) is 3. The Hall–Kier alpha value is -3.13. The van der Waals surface area contributed by atoms with E-state index < -0.39 is 11.6 Å². The van der Waals surface area contributed by atoms with Crippen LogP contribution in [0.2, 0.25) is 0 Å². The molecule has 0 aromatic heterocycles. The second-order valence-electron chi connectivity index (χ2n) is 7.33. The maximum absolute atomic E-state index is 13.1. The van der Waals surface area contributed by atoms with Gasteiger partial charge in [-0.25, -0.2) is 0 Å². The zero-order valence-corrected chi connectivity index (χ0v) is 15.8. The third kappa shape index (κ3) is 3.56. The quantitative estimate of drug-likeness (QED) is 0.909. The van der Waals surface area contributed by atoms with Crippen molar-refractivity contribution < 1.29 is 9.59 Å². The van der Waals surface area contributed by atoms with Gasteiger partial charge in [0.25, 0.3) is 0 Å². The topological polar surface area (TPSA) is 73.2 Å². The Kier molecular flexibility index (Phi) is 5.00. The van der Waals surface area contributed by atoms with E-state index in [9.17, 15) is 14.9 Å². The first kappa shape index (κ1) is 18.7. The largest absolute Gasteiger partial charge is 0.340 e. The first-order valence-electron chi connectivity index (χ1n) is 8.97. The molecule has 1 aliphatic rings. The monoisotopic (exact) mass is 361 g/mol. The van der Waals surface area contributed by atoms with Crippen LogP contribution in [-0.2, 0) is 22.4 Å². The molecule has 5 heteroatoms. The van der Waals surface area contributed by atoms with Gasteiger partial charge in [0.15, 0.2) is 0 Å². The third-order valence-electron chi connectivity index (χ3n) is 5.29. The van der Waals surface area contributed by atoms with Crippen LogP contribution in [0.15, 0.2) is 48.5 Å². The van der Waals surface area contributed by atoms with Crippen molar-refractivity contribution in [3.8, 4) is 6.07 Å². The molecule has 1 heterocycles. The highest BCUT2D eigenvalue weighted by Gasteiger charge is 2.46. The Balaban J connectivity index is 1.85. The van der Waals surface area contributed by atoms with Gasteiger partial charge in [0.1, 0.15) is 11.6 Å². The molecule has 2 aromatic carbocycles. The summed E-state index contributed by atoms with van der Waals surface area (Å²) in [6, 6.07) is 16.7. The molecule has 0 spiro atoms. The van der Waals surface area contributed by atoms with Gasteiger partial charge in [0.05, 0.1) is 11.6 Å². The van der Waals surface area contributed by atoms with Gasteiger partial charge in [-0.1, -0.05) is 42.5 Å². The fraction of sp³-hybridized carbons (Fsp3) is 0.318. The van der Waals surface area contributed by atoms with E-state index in [-0.39, 0.29) is 11.8 Å². The number of piperazine rings is 1. The first-order chi connectivity index (χ1) is 12.9. The Morgan fingerprint density at radius 2 is 1.85 bits per heavy atom. The molecule has 1 saturated heterocycles. The van der Waals surface area contributed by atoms with Crippen molar-refractivity contribution in [3.05, 3.63) is 70.8 Å². The van der Waals surface area contributed by atoms with Crippen LogP contribution in [-0.4, -0.2) is 35.3 Å². The van der Waals surface area contributed by atoms with Gasteiger partial charge < -0.3 is 10.2 Å². The van der Waals surface area contributed by atoms with Crippen LogP contribution in [0.5, 0.6) is 0 Å². The number of carbonyl (C=O) groups is 2. The van der Waals surface area contributed by atoms with E-state index in [1.165, 1.54) is 4.90 Å². The van der Waals surface area contributed by atoms with Crippen molar-refractivity contribution in [1.29, 1.82) is 5.26 Å². The number of nitrogens with zero attached hydrogens (tertiary/aromatic N) is 2. The Morgan fingerprint density at radius 1 is 1.15 bits per heavy atom. The second kappa shape index (κ2) is 7.24. The van der Waals surface area contributed by atoms with E-state index >= 15 is 0 Å². The Labute approximate surface area is 159 Å². The number of nitriles is 1. The Bertz CT molecular complexity index is 917. The molecular formula is C22H23N3O2. The summed E-state index contributed by atoms with van der Waals surface area (Å²) in [4.78, 5) is 27.5. The van der Waals surface area contributed by atoms with Gasteiger partial charge >= 0.3 is 0 Å². The predicted molar refractivity (Wildman–Crippen MR) is 103 cm³/mol. The molecule has 0 radical (unpaired) electrons. The summed E-state index contributed by atoms with van der Waals surface area (Å²) >= 11 is 0. The van der Waals surface area contributed by atoms with Crippen LogP contribution < -0.4 is 5.32 Å². The number of nitrogens with one attached hydrogen (secondary N) is 1. The van der Waals surface area contributed by atoms with E-state index in [2.05, 4.69) is 11.4 Å². The van der Waals surface area contributed by atoms with Crippen molar-refractivity contribution in [1.82, 2.24) is 10.2 Å². The lowest BCUT2D eigenvalue weighted by molar-refractivity contribution is -0.152. The van der Waals surface area contributed by atoms with Crippen molar-refractivity contribution in [2.75, 3.05) is 7.05 Å². The molecule has 2 amide bonds. The molecule has 0 bridgehead atoms. The van der Waals surface area contributed by atoms with Crippen molar-refractivity contribution in [2.24, 2.45) is 0 Å². The normalized spacial score (nSPS) is 22.3. The number of rotatable bonds is 4. The average Bonchev–Trinajstić information content (AvgIpc) is 2.65. The van der Waals surface area contributed by atoms with Crippen molar-refractivity contribution in [3.63, 3.8) is 0 Å². The lowest BCUT2D eigenvalue weighted by Crippen LogP contribution is -2.69. The number of carbonyl (C=O) groups excluding carboxylic acids is 2.